The maximum absolute atomic E-state index is 5.50. The van der Waals surface area contributed by atoms with E-state index in [0.717, 1.165) is 43.4 Å². The monoisotopic (exact) mass is 239 g/mol. The first-order valence-corrected chi connectivity index (χ1v) is 6.20. The smallest absolute Gasteiger partial charge is 0.221 e. The highest BCUT2D eigenvalue weighted by atomic mass is 16.5. The zero-order chi connectivity index (χ0) is 11.9. The molecule has 4 heteroatoms. The van der Waals surface area contributed by atoms with E-state index in [4.69, 9.17) is 4.74 Å². The minimum Gasteiger partial charge on any atom is -0.477 e. The molecule has 0 N–H and O–H groups in total. The van der Waals surface area contributed by atoms with Crippen molar-refractivity contribution >= 4 is 5.82 Å². The highest BCUT2D eigenvalue weighted by Crippen LogP contribution is 2.34. The summed E-state index contributed by atoms with van der Waals surface area (Å²) in [4.78, 5) is 10.9. The molecule has 0 atom stereocenters. The molecule has 0 radical (unpaired) electrons. The van der Waals surface area contributed by atoms with E-state index in [2.05, 4.69) is 39.1 Å². The van der Waals surface area contributed by atoms with Crippen LogP contribution in [0, 0.1) is 0 Å². The number of aromatic nitrogens is 2. The standard InChI is InChI=1S/C14H13N3O/c1-2-4-11-8-17(7-10(11)3-1)13-12-5-6-18-14(12)16-9-15-13/h1-4,9H,5-8H2. The van der Waals surface area contributed by atoms with Crippen LogP contribution >= 0.6 is 0 Å². The van der Waals surface area contributed by atoms with Crippen LogP contribution in [0.1, 0.15) is 16.7 Å². The van der Waals surface area contributed by atoms with Gasteiger partial charge in [0.15, 0.2) is 0 Å². The lowest BCUT2D eigenvalue weighted by Crippen LogP contribution is -2.17. The van der Waals surface area contributed by atoms with Gasteiger partial charge in [-0.2, -0.15) is 0 Å². The van der Waals surface area contributed by atoms with E-state index in [1.165, 1.54) is 11.1 Å². The lowest BCUT2D eigenvalue weighted by molar-refractivity contribution is 0.344. The summed E-state index contributed by atoms with van der Waals surface area (Å²) in [5.74, 6) is 1.80. The predicted octanol–water partition coefficient (Wildman–Crippen LogP) is 1.93. The number of benzene rings is 1. The summed E-state index contributed by atoms with van der Waals surface area (Å²) in [6.45, 7) is 2.58. The molecule has 0 saturated heterocycles. The Morgan fingerprint density at radius 3 is 2.61 bits per heavy atom. The summed E-state index contributed by atoms with van der Waals surface area (Å²) in [5.41, 5.74) is 3.94. The Morgan fingerprint density at radius 1 is 1.06 bits per heavy atom. The van der Waals surface area contributed by atoms with Crippen molar-refractivity contribution in [2.75, 3.05) is 11.5 Å². The number of anilines is 1. The molecule has 90 valence electrons. The highest BCUT2D eigenvalue weighted by molar-refractivity contribution is 5.55. The van der Waals surface area contributed by atoms with Crippen LogP contribution in [-0.2, 0) is 19.5 Å². The van der Waals surface area contributed by atoms with Gasteiger partial charge >= 0.3 is 0 Å². The van der Waals surface area contributed by atoms with Crippen molar-refractivity contribution in [3.63, 3.8) is 0 Å². The maximum Gasteiger partial charge on any atom is 0.221 e. The van der Waals surface area contributed by atoms with Crippen molar-refractivity contribution in [3.8, 4) is 5.88 Å². The number of hydrogen-bond acceptors (Lipinski definition) is 4. The average molecular weight is 239 g/mol. The summed E-state index contributed by atoms with van der Waals surface area (Å²) in [5, 5.41) is 0. The van der Waals surface area contributed by atoms with Gasteiger partial charge in [0.25, 0.3) is 0 Å². The van der Waals surface area contributed by atoms with Crippen LogP contribution in [0.3, 0.4) is 0 Å². The Morgan fingerprint density at radius 2 is 1.83 bits per heavy atom. The van der Waals surface area contributed by atoms with Crippen LogP contribution in [0.2, 0.25) is 0 Å². The van der Waals surface area contributed by atoms with Crippen molar-refractivity contribution in [3.05, 3.63) is 47.3 Å². The first kappa shape index (κ1) is 9.88. The molecule has 4 nitrogen and oxygen atoms in total. The molecule has 2 aliphatic rings. The fraction of sp³-hybridized carbons (Fsp3) is 0.286. The topological polar surface area (TPSA) is 38.2 Å². The van der Waals surface area contributed by atoms with Gasteiger partial charge in [0.05, 0.1) is 12.2 Å². The third kappa shape index (κ3) is 1.38. The minimum atomic E-state index is 0.724. The van der Waals surface area contributed by atoms with E-state index >= 15 is 0 Å². The van der Waals surface area contributed by atoms with Crippen LogP contribution in [0.5, 0.6) is 5.88 Å². The number of nitrogens with zero attached hydrogens (tertiary/aromatic N) is 3. The average Bonchev–Trinajstić information content (AvgIpc) is 3.04. The SMILES string of the molecule is c1ccc2c(c1)CN(c1ncnc3c1CCO3)C2. The lowest BCUT2D eigenvalue weighted by atomic mass is 10.1. The first-order valence-electron chi connectivity index (χ1n) is 6.20. The Balaban J connectivity index is 1.73. The minimum absolute atomic E-state index is 0.724. The van der Waals surface area contributed by atoms with Gasteiger partial charge in [-0.1, -0.05) is 24.3 Å². The molecular weight excluding hydrogens is 226 g/mol. The molecule has 18 heavy (non-hydrogen) atoms. The maximum atomic E-state index is 5.50. The molecule has 0 unspecified atom stereocenters. The molecule has 0 amide bonds. The van der Waals surface area contributed by atoms with Gasteiger partial charge in [0, 0.05) is 19.5 Å². The van der Waals surface area contributed by atoms with Crippen molar-refractivity contribution in [1.29, 1.82) is 0 Å². The van der Waals surface area contributed by atoms with E-state index in [1.54, 1.807) is 6.33 Å². The fourth-order valence-corrected chi connectivity index (χ4v) is 2.74. The molecule has 3 heterocycles. The molecule has 1 aromatic carbocycles. The first-order chi connectivity index (χ1) is 8.92. The lowest BCUT2D eigenvalue weighted by Gasteiger charge is -2.18. The van der Waals surface area contributed by atoms with Crippen LogP contribution in [0.25, 0.3) is 0 Å². The van der Waals surface area contributed by atoms with Gasteiger partial charge in [0.2, 0.25) is 5.88 Å². The molecule has 0 fully saturated rings. The largest absolute Gasteiger partial charge is 0.477 e. The second kappa shape index (κ2) is 3.70. The Hall–Kier alpha value is -2.10. The van der Waals surface area contributed by atoms with E-state index in [9.17, 15) is 0 Å². The third-order valence-electron chi connectivity index (χ3n) is 3.61. The van der Waals surface area contributed by atoms with Gasteiger partial charge in [-0.05, 0) is 11.1 Å². The number of ether oxygens (including phenoxy) is 1. The molecule has 1 aromatic heterocycles. The molecule has 4 rings (SSSR count). The summed E-state index contributed by atoms with van der Waals surface area (Å²) in [6, 6.07) is 8.56. The molecule has 0 aliphatic carbocycles. The second-order valence-corrected chi connectivity index (χ2v) is 4.70. The molecule has 0 bridgehead atoms. The van der Waals surface area contributed by atoms with Crippen LogP contribution in [0.15, 0.2) is 30.6 Å². The zero-order valence-electron chi connectivity index (χ0n) is 9.97. The normalized spacial score (nSPS) is 16.3. The second-order valence-electron chi connectivity index (χ2n) is 4.70. The van der Waals surface area contributed by atoms with E-state index in [0.29, 0.717) is 0 Å². The number of hydrogen-bond donors (Lipinski definition) is 0. The van der Waals surface area contributed by atoms with Gasteiger partial charge in [-0.15, -0.1) is 0 Å². The van der Waals surface area contributed by atoms with Gasteiger partial charge in [-0.3, -0.25) is 0 Å². The van der Waals surface area contributed by atoms with E-state index in [1.807, 2.05) is 0 Å². The Labute approximate surface area is 105 Å². The number of rotatable bonds is 1. The van der Waals surface area contributed by atoms with Crippen molar-refractivity contribution in [2.45, 2.75) is 19.5 Å². The van der Waals surface area contributed by atoms with Crippen molar-refractivity contribution < 1.29 is 4.74 Å². The van der Waals surface area contributed by atoms with Crippen LogP contribution in [0.4, 0.5) is 5.82 Å². The number of fused-ring (bicyclic) bond motifs is 2. The van der Waals surface area contributed by atoms with Gasteiger partial charge < -0.3 is 9.64 Å². The molecule has 2 aromatic rings. The highest BCUT2D eigenvalue weighted by Gasteiger charge is 2.26. The quantitative estimate of drug-likeness (QED) is 0.762. The van der Waals surface area contributed by atoms with Crippen molar-refractivity contribution in [2.24, 2.45) is 0 Å². The fourth-order valence-electron chi connectivity index (χ4n) is 2.74. The van der Waals surface area contributed by atoms with Crippen LogP contribution in [-0.4, -0.2) is 16.6 Å². The molecule has 0 spiro atoms. The summed E-state index contributed by atoms with van der Waals surface area (Å²) >= 11 is 0. The Kier molecular flexibility index (Phi) is 2.03. The summed E-state index contributed by atoms with van der Waals surface area (Å²) in [7, 11) is 0. The van der Waals surface area contributed by atoms with E-state index < -0.39 is 0 Å². The molecule has 2 aliphatic heterocycles. The van der Waals surface area contributed by atoms with Gasteiger partial charge in [-0.25, -0.2) is 9.97 Å². The van der Waals surface area contributed by atoms with Crippen molar-refractivity contribution in [1.82, 2.24) is 9.97 Å². The predicted molar refractivity (Wildman–Crippen MR) is 67.6 cm³/mol. The molecule has 0 saturated carbocycles. The molecular formula is C14H13N3O. The van der Waals surface area contributed by atoms with Gasteiger partial charge in [0.1, 0.15) is 12.1 Å². The Bertz CT molecular complexity index is 587. The zero-order valence-corrected chi connectivity index (χ0v) is 9.97. The summed E-state index contributed by atoms with van der Waals surface area (Å²) < 4.78 is 5.50. The third-order valence-corrected chi connectivity index (χ3v) is 3.61. The summed E-state index contributed by atoms with van der Waals surface area (Å²) in [6.07, 6.45) is 2.51. The van der Waals surface area contributed by atoms with E-state index in [-0.39, 0.29) is 0 Å². The van der Waals surface area contributed by atoms with Crippen LogP contribution < -0.4 is 9.64 Å².